The second-order valence-electron chi connectivity index (χ2n) is 3.14. The molecule has 2 nitrogen and oxygen atoms in total. The van der Waals surface area contributed by atoms with Crippen molar-refractivity contribution in [1.82, 2.24) is 5.32 Å². The van der Waals surface area contributed by atoms with Gasteiger partial charge >= 0.3 is 0 Å². The minimum Gasteiger partial charge on any atom is -0.497 e. The highest BCUT2D eigenvalue weighted by Gasteiger charge is 2.04. The standard InChI is InChI=1S/C11H16FNO/c1-9(13-7-6-12)10-4-3-5-11(8-10)14-2/h3-5,8-9,13H,6-7H2,1-2H3/t9-/m0/s1. The summed E-state index contributed by atoms with van der Waals surface area (Å²) in [7, 11) is 1.64. The number of nitrogens with one attached hydrogen (secondary N) is 1. The van der Waals surface area contributed by atoms with Crippen LogP contribution in [0.25, 0.3) is 0 Å². The summed E-state index contributed by atoms with van der Waals surface area (Å²) in [5, 5.41) is 3.07. The summed E-state index contributed by atoms with van der Waals surface area (Å²) in [4.78, 5) is 0. The molecule has 0 fully saturated rings. The molecular formula is C11H16FNO. The lowest BCUT2D eigenvalue weighted by molar-refractivity contribution is 0.412. The maximum Gasteiger partial charge on any atom is 0.119 e. The minimum atomic E-state index is -0.339. The molecule has 0 aliphatic carbocycles. The van der Waals surface area contributed by atoms with Gasteiger partial charge in [0.2, 0.25) is 0 Å². The van der Waals surface area contributed by atoms with Crippen LogP contribution in [0.5, 0.6) is 5.75 Å². The highest BCUT2D eigenvalue weighted by molar-refractivity contribution is 5.30. The summed E-state index contributed by atoms with van der Waals surface area (Å²) in [6.07, 6.45) is 0. The second kappa shape index (κ2) is 5.60. The molecule has 0 aliphatic rings. The molecule has 0 bridgehead atoms. The van der Waals surface area contributed by atoms with Gasteiger partial charge in [-0.2, -0.15) is 0 Å². The van der Waals surface area contributed by atoms with Gasteiger partial charge in [0.05, 0.1) is 7.11 Å². The molecule has 14 heavy (non-hydrogen) atoms. The Kier molecular flexibility index (Phi) is 4.40. The number of hydrogen-bond acceptors (Lipinski definition) is 2. The van der Waals surface area contributed by atoms with E-state index < -0.39 is 0 Å². The lowest BCUT2D eigenvalue weighted by Gasteiger charge is -2.13. The lowest BCUT2D eigenvalue weighted by atomic mass is 10.1. The van der Waals surface area contributed by atoms with Crippen LogP contribution in [-0.4, -0.2) is 20.3 Å². The molecule has 0 spiro atoms. The van der Waals surface area contributed by atoms with Crippen molar-refractivity contribution in [3.05, 3.63) is 29.8 Å². The molecule has 0 unspecified atom stereocenters. The fourth-order valence-corrected chi connectivity index (χ4v) is 1.30. The van der Waals surface area contributed by atoms with Crippen LogP contribution >= 0.6 is 0 Å². The number of alkyl halides is 1. The SMILES string of the molecule is COc1cccc([C@H](C)NCCF)c1. The minimum absolute atomic E-state index is 0.154. The van der Waals surface area contributed by atoms with Gasteiger partial charge in [-0.1, -0.05) is 12.1 Å². The van der Waals surface area contributed by atoms with E-state index in [1.165, 1.54) is 0 Å². The summed E-state index contributed by atoms with van der Waals surface area (Å²) >= 11 is 0. The predicted molar refractivity (Wildman–Crippen MR) is 55.4 cm³/mol. The Morgan fingerprint density at radius 2 is 2.29 bits per heavy atom. The summed E-state index contributed by atoms with van der Waals surface area (Å²) in [5.41, 5.74) is 1.11. The normalized spacial score (nSPS) is 12.5. The molecule has 0 aliphatic heterocycles. The zero-order valence-electron chi connectivity index (χ0n) is 8.59. The predicted octanol–water partition coefficient (Wildman–Crippen LogP) is 2.32. The Morgan fingerprint density at radius 1 is 1.50 bits per heavy atom. The fourth-order valence-electron chi connectivity index (χ4n) is 1.30. The Labute approximate surface area is 84.1 Å². The van der Waals surface area contributed by atoms with Crippen LogP contribution in [0.3, 0.4) is 0 Å². The van der Waals surface area contributed by atoms with Gasteiger partial charge < -0.3 is 10.1 Å². The van der Waals surface area contributed by atoms with Crippen molar-refractivity contribution >= 4 is 0 Å². The molecule has 1 rings (SSSR count). The van der Waals surface area contributed by atoms with Crippen LogP contribution in [0, 0.1) is 0 Å². The van der Waals surface area contributed by atoms with Gasteiger partial charge in [-0.05, 0) is 24.6 Å². The Hall–Kier alpha value is -1.09. The molecule has 0 radical (unpaired) electrons. The van der Waals surface area contributed by atoms with Gasteiger partial charge in [0, 0.05) is 12.6 Å². The number of rotatable bonds is 5. The first kappa shape index (κ1) is 11.0. The first-order chi connectivity index (χ1) is 6.77. The molecule has 1 N–H and O–H groups in total. The van der Waals surface area contributed by atoms with E-state index >= 15 is 0 Å². The quantitative estimate of drug-likeness (QED) is 0.782. The van der Waals surface area contributed by atoms with E-state index in [-0.39, 0.29) is 12.7 Å². The van der Waals surface area contributed by atoms with Crippen molar-refractivity contribution in [2.45, 2.75) is 13.0 Å². The third-order valence-corrected chi connectivity index (χ3v) is 2.14. The average molecular weight is 197 g/mol. The molecule has 1 aromatic carbocycles. The smallest absolute Gasteiger partial charge is 0.119 e. The van der Waals surface area contributed by atoms with Crippen LogP contribution < -0.4 is 10.1 Å². The van der Waals surface area contributed by atoms with Crippen LogP contribution in [0.2, 0.25) is 0 Å². The molecule has 78 valence electrons. The average Bonchev–Trinajstić information content (AvgIpc) is 2.26. The molecule has 0 saturated carbocycles. The van der Waals surface area contributed by atoms with E-state index in [0.29, 0.717) is 6.54 Å². The molecule has 0 heterocycles. The van der Waals surface area contributed by atoms with Gasteiger partial charge in [-0.3, -0.25) is 0 Å². The second-order valence-corrected chi connectivity index (χ2v) is 3.14. The molecule has 1 aromatic rings. The van der Waals surface area contributed by atoms with Crippen LogP contribution in [0.1, 0.15) is 18.5 Å². The van der Waals surface area contributed by atoms with E-state index in [9.17, 15) is 4.39 Å². The first-order valence-corrected chi connectivity index (χ1v) is 4.71. The van der Waals surface area contributed by atoms with Crippen molar-refractivity contribution in [1.29, 1.82) is 0 Å². The zero-order chi connectivity index (χ0) is 10.4. The Morgan fingerprint density at radius 3 is 2.93 bits per heavy atom. The molecule has 0 saturated heterocycles. The van der Waals surface area contributed by atoms with Gasteiger partial charge in [-0.15, -0.1) is 0 Å². The van der Waals surface area contributed by atoms with Crippen LogP contribution in [0.15, 0.2) is 24.3 Å². The molecule has 3 heteroatoms. The highest BCUT2D eigenvalue weighted by Crippen LogP contribution is 2.18. The number of ether oxygens (including phenoxy) is 1. The van der Waals surface area contributed by atoms with E-state index in [1.807, 2.05) is 31.2 Å². The third kappa shape index (κ3) is 3.00. The maximum atomic E-state index is 11.9. The number of hydrogen-bond donors (Lipinski definition) is 1. The summed E-state index contributed by atoms with van der Waals surface area (Å²) in [6.45, 7) is 2.05. The summed E-state index contributed by atoms with van der Waals surface area (Å²) < 4.78 is 17.0. The maximum absolute atomic E-state index is 11.9. The van der Waals surface area contributed by atoms with Crippen LogP contribution in [0.4, 0.5) is 4.39 Å². The molecule has 0 amide bonds. The molecular weight excluding hydrogens is 181 g/mol. The van der Waals surface area contributed by atoms with Crippen molar-refractivity contribution in [3.8, 4) is 5.75 Å². The number of benzene rings is 1. The van der Waals surface area contributed by atoms with Gasteiger partial charge in [0.25, 0.3) is 0 Å². The molecule has 0 aromatic heterocycles. The van der Waals surface area contributed by atoms with E-state index in [2.05, 4.69) is 5.32 Å². The van der Waals surface area contributed by atoms with Crippen molar-refractivity contribution in [2.24, 2.45) is 0 Å². The first-order valence-electron chi connectivity index (χ1n) is 4.71. The zero-order valence-corrected chi connectivity index (χ0v) is 8.59. The van der Waals surface area contributed by atoms with E-state index in [1.54, 1.807) is 7.11 Å². The number of halogens is 1. The van der Waals surface area contributed by atoms with Gasteiger partial charge in [-0.25, -0.2) is 4.39 Å². The van der Waals surface area contributed by atoms with Crippen molar-refractivity contribution in [2.75, 3.05) is 20.3 Å². The Balaban J connectivity index is 2.64. The van der Waals surface area contributed by atoms with E-state index in [0.717, 1.165) is 11.3 Å². The molecule has 1 atom stereocenters. The Bertz CT molecular complexity index is 278. The topological polar surface area (TPSA) is 21.3 Å². The summed E-state index contributed by atoms with van der Waals surface area (Å²) in [5.74, 6) is 0.830. The fraction of sp³-hybridized carbons (Fsp3) is 0.455. The largest absolute Gasteiger partial charge is 0.497 e. The van der Waals surface area contributed by atoms with Crippen LogP contribution in [-0.2, 0) is 0 Å². The lowest BCUT2D eigenvalue weighted by Crippen LogP contribution is -2.20. The van der Waals surface area contributed by atoms with Crippen molar-refractivity contribution in [3.63, 3.8) is 0 Å². The van der Waals surface area contributed by atoms with Gasteiger partial charge in [0.1, 0.15) is 12.4 Å². The third-order valence-electron chi connectivity index (χ3n) is 2.14. The summed E-state index contributed by atoms with van der Waals surface area (Å²) in [6, 6.07) is 7.93. The number of methoxy groups -OCH3 is 1. The monoisotopic (exact) mass is 197 g/mol. The van der Waals surface area contributed by atoms with E-state index in [4.69, 9.17) is 4.74 Å². The van der Waals surface area contributed by atoms with Crippen molar-refractivity contribution < 1.29 is 9.13 Å². The van der Waals surface area contributed by atoms with Gasteiger partial charge in [0.15, 0.2) is 0 Å². The highest BCUT2D eigenvalue weighted by atomic mass is 19.1.